The van der Waals surface area contributed by atoms with Crippen molar-refractivity contribution in [3.05, 3.63) is 0 Å². The van der Waals surface area contributed by atoms with Gasteiger partial charge in [-0.25, -0.2) is 4.99 Å². The molecular weight excluding hydrogens is 166 g/mol. The lowest BCUT2D eigenvalue weighted by atomic mass is 10.3. The number of aliphatic imine (C=N–C) groups is 2. The zero-order valence-electron chi connectivity index (χ0n) is 7.92. The van der Waals surface area contributed by atoms with Crippen molar-refractivity contribution in [2.75, 3.05) is 0 Å². The normalized spacial score (nSPS) is 18.7. The van der Waals surface area contributed by atoms with Crippen LogP contribution >= 0.6 is 0 Å². The molecule has 1 N–H and O–H groups in total. The molecule has 0 radical (unpaired) electrons. The van der Waals surface area contributed by atoms with E-state index in [1.165, 1.54) is 12.8 Å². The maximum atomic E-state index is 7.15. The Morgan fingerprint density at radius 3 is 2.54 bits per heavy atom. The van der Waals surface area contributed by atoms with Crippen molar-refractivity contribution in [2.45, 2.75) is 38.7 Å². The highest BCUT2D eigenvalue weighted by molar-refractivity contribution is 5.92. The highest BCUT2D eigenvalue weighted by Crippen LogP contribution is 2.21. The number of hydrogen-bond acceptors (Lipinski definition) is 2. The van der Waals surface area contributed by atoms with Crippen molar-refractivity contribution in [1.29, 1.82) is 5.41 Å². The highest BCUT2D eigenvalue weighted by Gasteiger charge is 2.17. The summed E-state index contributed by atoms with van der Waals surface area (Å²) >= 11 is 0. The number of amidine groups is 2. The molecule has 0 heterocycles. The quantitative estimate of drug-likeness (QED) is 0.488. The number of nitrogens with zero attached hydrogens (tertiary/aromatic N) is 2. The molecule has 0 aliphatic heterocycles. The first kappa shape index (κ1) is 9.89. The van der Waals surface area contributed by atoms with E-state index in [-0.39, 0.29) is 18.0 Å². The highest BCUT2D eigenvalue weighted by atomic mass is 16.5. The standard InChI is InChI=1S/C9H15N3O/c1-7(10)12-9(11-2)13-8-5-3-4-6-8/h8,10H,2-6H2,1H3. The molecule has 0 atom stereocenters. The molecular formula is C9H15N3O. The lowest BCUT2D eigenvalue weighted by Crippen LogP contribution is -2.13. The van der Waals surface area contributed by atoms with Gasteiger partial charge in [0.05, 0.1) is 0 Å². The Balaban J connectivity index is 2.47. The molecule has 0 bridgehead atoms. The Morgan fingerprint density at radius 1 is 1.46 bits per heavy atom. The molecule has 1 aliphatic carbocycles. The van der Waals surface area contributed by atoms with Crippen molar-refractivity contribution in [2.24, 2.45) is 9.98 Å². The van der Waals surface area contributed by atoms with Gasteiger partial charge >= 0.3 is 6.02 Å². The van der Waals surface area contributed by atoms with E-state index in [0.717, 1.165) is 12.8 Å². The van der Waals surface area contributed by atoms with Crippen LogP contribution in [0.3, 0.4) is 0 Å². The smallest absolute Gasteiger partial charge is 0.317 e. The largest absolute Gasteiger partial charge is 0.460 e. The maximum absolute atomic E-state index is 7.15. The summed E-state index contributed by atoms with van der Waals surface area (Å²) in [5.74, 6) is 0.195. The van der Waals surface area contributed by atoms with Crippen molar-refractivity contribution in [3.8, 4) is 0 Å². The SMILES string of the molecule is C=NC(=NC(C)=N)OC1CCCC1. The average Bonchev–Trinajstić information content (AvgIpc) is 2.55. The minimum Gasteiger partial charge on any atom is -0.460 e. The van der Waals surface area contributed by atoms with Crippen molar-refractivity contribution >= 4 is 18.6 Å². The predicted octanol–water partition coefficient (Wildman–Crippen LogP) is 2.00. The van der Waals surface area contributed by atoms with Gasteiger partial charge in [0.25, 0.3) is 0 Å². The summed E-state index contributed by atoms with van der Waals surface area (Å²) in [6.45, 7) is 4.94. The Hall–Kier alpha value is -1.19. The molecule has 13 heavy (non-hydrogen) atoms. The Labute approximate surface area is 78.2 Å². The molecule has 72 valence electrons. The third-order valence-corrected chi connectivity index (χ3v) is 1.97. The monoisotopic (exact) mass is 181 g/mol. The molecule has 1 fully saturated rings. The van der Waals surface area contributed by atoms with Crippen LogP contribution in [0.2, 0.25) is 0 Å². The third kappa shape index (κ3) is 3.36. The molecule has 0 aromatic rings. The van der Waals surface area contributed by atoms with Crippen molar-refractivity contribution in [3.63, 3.8) is 0 Å². The molecule has 4 heteroatoms. The Morgan fingerprint density at radius 2 is 2.08 bits per heavy atom. The average molecular weight is 181 g/mol. The molecule has 1 aliphatic rings. The van der Waals surface area contributed by atoms with E-state index in [1.54, 1.807) is 6.92 Å². The second-order valence-electron chi connectivity index (χ2n) is 3.16. The van der Waals surface area contributed by atoms with Gasteiger partial charge in [-0.3, -0.25) is 5.41 Å². The second-order valence-corrected chi connectivity index (χ2v) is 3.16. The Kier molecular flexibility index (Phi) is 3.61. The lowest BCUT2D eigenvalue weighted by Gasteiger charge is -2.10. The maximum Gasteiger partial charge on any atom is 0.317 e. The first-order chi connectivity index (χ1) is 6.22. The van der Waals surface area contributed by atoms with Gasteiger partial charge in [0, 0.05) is 0 Å². The summed E-state index contributed by atoms with van der Waals surface area (Å²) in [5, 5.41) is 7.15. The van der Waals surface area contributed by atoms with Gasteiger partial charge in [-0.2, -0.15) is 4.99 Å². The topological polar surface area (TPSA) is 57.8 Å². The summed E-state index contributed by atoms with van der Waals surface area (Å²) in [6, 6.07) is 0.236. The summed E-state index contributed by atoms with van der Waals surface area (Å²) in [7, 11) is 0. The van der Waals surface area contributed by atoms with Crippen LogP contribution in [0.1, 0.15) is 32.6 Å². The van der Waals surface area contributed by atoms with Crippen LogP contribution in [0.25, 0.3) is 0 Å². The molecule has 0 unspecified atom stereocenters. The van der Waals surface area contributed by atoms with Crippen LogP contribution < -0.4 is 0 Å². The number of rotatable bonds is 1. The molecule has 0 saturated heterocycles. The fourth-order valence-electron chi connectivity index (χ4n) is 1.40. The van der Waals surface area contributed by atoms with E-state index in [2.05, 4.69) is 16.7 Å². The number of ether oxygens (including phenoxy) is 1. The summed E-state index contributed by atoms with van der Waals surface area (Å²) in [4.78, 5) is 7.44. The van der Waals surface area contributed by atoms with Gasteiger partial charge in [-0.1, -0.05) is 0 Å². The summed E-state index contributed by atoms with van der Waals surface area (Å²) in [5.41, 5.74) is 0. The van der Waals surface area contributed by atoms with Crippen LogP contribution in [0.5, 0.6) is 0 Å². The predicted molar refractivity (Wildman–Crippen MR) is 53.7 cm³/mol. The first-order valence-electron chi connectivity index (χ1n) is 4.49. The minimum absolute atomic E-state index is 0.195. The van der Waals surface area contributed by atoms with Gasteiger partial charge in [0.2, 0.25) is 0 Å². The fraction of sp³-hybridized carbons (Fsp3) is 0.667. The van der Waals surface area contributed by atoms with Crippen LogP contribution in [0.4, 0.5) is 0 Å². The van der Waals surface area contributed by atoms with Crippen LogP contribution in [-0.2, 0) is 4.74 Å². The van der Waals surface area contributed by atoms with E-state index in [1.807, 2.05) is 0 Å². The molecule has 0 aromatic heterocycles. The number of hydrogen-bond donors (Lipinski definition) is 1. The molecule has 1 saturated carbocycles. The van der Waals surface area contributed by atoms with Gasteiger partial charge in [0.1, 0.15) is 11.9 Å². The first-order valence-corrected chi connectivity index (χ1v) is 4.49. The number of nitrogens with one attached hydrogen (secondary N) is 1. The van der Waals surface area contributed by atoms with E-state index >= 15 is 0 Å². The lowest BCUT2D eigenvalue weighted by molar-refractivity contribution is 0.193. The van der Waals surface area contributed by atoms with E-state index in [0.29, 0.717) is 0 Å². The molecule has 0 spiro atoms. The molecule has 0 amide bonds. The van der Waals surface area contributed by atoms with Crippen molar-refractivity contribution in [1.82, 2.24) is 0 Å². The van der Waals surface area contributed by atoms with E-state index in [9.17, 15) is 0 Å². The minimum atomic E-state index is 0.195. The molecule has 1 rings (SSSR count). The molecule has 0 aromatic carbocycles. The van der Waals surface area contributed by atoms with Crippen LogP contribution in [0.15, 0.2) is 9.98 Å². The van der Waals surface area contributed by atoms with Gasteiger partial charge in [0.15, 0.2) is 0 Å². The van der Waals surface area contributed by atoms with Gasteiger partial charge in [-0.15, -0.1) is 0 Å². The Bertz CT molecular complexity index is 229. The van der Waals surface area contributed by atoms with Crippen LogP contribution in [-0.4, -0.2) is 24.7 Å². The summed E-state index contributed by atoms with van der Waals surface area (Å²) < 4.78 is 5.45. The van der Waals surface area contributed by atoms with Crippen LogP contribution in [0, 0.1) is 5.41 Å². The third-order valence-electron chi connectivity index (χ3n) is 1.97. The van der Waals surface area contributed by atoms with Gasteiger partial charge < -0.3 is 4.74 Å². The van der Waals surface area contributed by atoms with Gasteiger partial charge in [-0.05, 0) is 39.3 Å². The fourth-order valence-corrected chi connectivity index (χ4v) is 1.40. The zero-order valence-corrected chi connectivity index (χ0v) is 7.92. The van der Waals surface area contributed by atoms with E-state index < -0.39 is 0 Å². The molecule has 4 nitrogen and oxygen atoms in total. The van der Waals surface area contributed by atoms with Crippen molar-refractivity contribution < 1.29 is 4.74 Å². The summed E-state index contributed by atoms with van der Waals surface area (Å²) in [6.07, 6.45) is 4.76. The second kappa shape index (κ2) is 4.74. The zero-order chi connectivity index (χ0) is 9.68. The van der Waals surface area contributed by atoms with E-state index in [4.69, 9.17) is 10.1 Å².